The zero-order valence-corrected chi connectivity index (χ0v) is 15.8. The second-order valence-electron chi connectivity index (χ2n) is 7.50. The predicted molar refractivity (Wildman–Crippen MR) is 113 cm³/mol. The van der Waals surface area contributed by atoms with Crippen molar-refractivity contribution in [3.8, 4) is 0 Å². The number of benzene rings is 3. The topological polar surface area (TPSA) is 15.3 Å². The number of nitrogens with zero attached hydrogens (tertiary/aromatic N) is 1. The van der Waals surface area contributed by atoms with E-state index in [0.29, 0.717) is 12.0 Å². The zero-order valence-electron chi connectivity index (χ0n) is 15.8. The van der Waals surface area contributed by atoms with Gasteiger partial charge in [0.2, 0.25) is 0 Å². The Kier molecular flexibility index (Phi) is 5.98. The Balaban J connectivity index is 1.46. The van der Waals surface area contributed by atoms with Crippen LogP contribution in [0.25, 0.3) is 0 Å². The Labute approximate surface area is 162 Å². The van der Waals surface area contributed by atoms with Gasteiger partial charge in [-0.3, -0.25) is 4.90 Å². The first-order valence-corrected chi connectivity index (χ1v) is 9.97. The number of nitrogens with one attached hydrogen (secondary N) is 1. The van der Waals surface area contributed by atoms with E-state index in [0.717, 1.165) is 26.2 Å². The summed E-state index contributed by atoms with van der Waals surface area (Å²) in [5, 5.41) is 3.84. The first kappa shape index (κ1) is 18.0. The van der Waals surface area contributed by atoms with E-state index in [4.69, 9.17) is 0 Å². The van der Waals surface area contributed by atoms with Gasteiger partial charge < -0.3 is 5.32 Å². The van der Waals surface area contributed by atoms with E-state index in [1.54, 1.807) is 0 Å². The summed E-state index contributed by atoms with van der Waals surface area (Å²) in [5.74, 6) is 0.521. The fourth-order valence-electron chi connectivity index (χ4n) is 4.13. The molecule has 1 heterocycles. The van der Waals surface area contributed by atoms with Crippen molar-refractivity contribution in [2.45, 2.75) is 31.5 Å². The van der Waals surface area contributed by atoms with Crippen molar-refractivity contribution in [3.63, 3.8) is 0 Å². The summed E-state index contributed by atoms with van der Waals surface area (Å²) in [4.78, 5) is 2.60. The lowest BCUT2D eigenvalue weighted by atomic mass is 9.85. The maximum atomic E-state index is 3.84. The first-order chi connectivity index (χ1) is 13.4. The average molecular weight is 357 g/mol. The monoisotopic (exact) mass is 356 g/mol. The molecule has 3 aromatic carbocycles. The smallest absolute Gasteiger partial charge is 0.0234 e. The van der Waals surface area contributed by atoms with E-state index in [1.807, 2.05) is 0 Å². The molecule has 138 valence electrons. The molecule has 1 aliphatic rings. The van der Waals surface area contributed by atoms with Crippen LogP contribution in [0.5, 0.6) is 0 Å². The van der Waals surface area contributed by atoms with Crippen molar-refractivity contribution in [1.29, 1.82) is 0 Å². The third-order valence-corrected chi connectivity index (χ3v) is 5.58. The summed E-state index contributed by atoms with van der Waals surface area (Å²) < 4.78 is 0. The Morgan fingerprint density at radius 3 is 2.00 bits per heavy atom. The van der Waals surface area contributed by atoms with E-state index in [2.05, 4.69) is 101 Å². The number of rotatable bonds is 6. The van der Waals surface area contributed by atoms with Gasteiger partial charge in [0, 0.05) is 38.1 Å². The highest BCUT2D eigenvalue weighted by Gasteiger charge is 2.30. The number of hydrogen-bond donors (Lipinski definition) is 1. The van der Waals surface area contributed by atoms with Crippen molar-refractivity contribution in [1.82, 2.24) is 10.2 Å². The van der Waals surface area contributed by atoms with Gasteiger partial charge in [0.15, 0.2) is 0 Å². The molecule has 0 saturated carbocycles. The normalized spacial score (nSPS) is 20.4. The van der Waals surface area contributed by atoms with Crippen LogP contribution in [0.3, 0.4) is 0 Å². The molecule has 1 saturated heterocycles. The molecule has 4 rings (SSSR count). The first-order valence-electron chi connectivity index (χ1n) is 9.97. The predicted octanol–water partition coefficient (Wildman–Crippen LogP) is 4.83. The molecule has 1 aliphatic heterocycles. The second-order valence-corrected chi connectivity index (χ2v) is 7.50. The van der Waals surface area contributed by atoms with E-state index in [1.165, 1.54) is 23.1 Å². The van der Waals surface area contributed by atoms with Crippen LogP contribution in [-0.4, -0.2) is 24.0 Å². The van der Waals surface area contributed by atoms with Crippen LogP contribution < -0.4 is 5.32 Å². The van der Waals surface area contributed by atoms with Crippen molar-refractivity contribution in [3.05, 3.63) is 108 Å². The Hall–Kier alpha value is -2.42. The van der Waals surface area contributed by atoms with E-state index >= 15 is 0 Å². The average Bonchev–Trinajstić information content (AvgIpc) is 2.75. The lowest BCUT2D eigenvalue weighted by Gasteiger charge is -2.39. The standard InChI is InChI=1S/C25H28N2/c1-4-10-21(11-5-1)18-26-25-16-17-27(19-22-12-6-2-7-13-22)20-24(25)23-14-8-3-9-15-23/h1-15,24-26H,16-20H2/t24-,25-/m1/s1. The molecule has 0 aliphatic carbocycles. The van der Waals surface area contributed by atoms with E-state index < -0.39 is 0 Å². The molecular formula is C25H28N2. The molecule has 2 heteroatoms. The summed E-state index contributed by atoms with van der Waals surface area (Å²) >= 11 is 0. The van der Waals surface area contributed by atoms with Gasteiger partial charge in [-0.1, -0.05) is 91.0 Å². The number of likely N-dealkylation sites (tertiary alicyclic amines) is 1. The van der Waals surface area contributed by atoms with Crippen molar-refractivity contribution in [2.24, 2.45) is 0 Å². The highest BCUT2D eigenvalue weighted by Crippen LogP contribution is 2.28. The number of piperidine rings is 1. The molecule has 27 heavy (non-hydrogen) atoms. The minimum Gasteiger partial charge on any atom is -0.309 e. The molecule has 2 nitrogen and oxygen atoms in total. The summed E-state index contributed by atoms with van der Waals surface area (Å²) in [5.41, 5.74) is 4.21. The van der Waals surface area contributed by atoms with Gasteiger partial charge in [-0.2, -0.15) is 0 Å². The SMILES string of the molecule is c1ccc(CN[C@@H]2CCN(Cc3ccccc3)C[C@@H]2c2ccccc2)cc1. The second kappa shape index (κ2) is 8.98. The highest BCUT2D eigenvalue weighted by atomic mass is 15.1. The summed E-state index contributed by atoms with van der Waals surface area (Å²) in [6.07, 6.45) is 1.18. The van der Waals surface area contributed by atoms with Crippen LogP contribution in [0, 0.1) is 0 Å². The van der Waals surface area contributed by atoms with Crippen LogP contribution >= 0.6 is 0 Å². The van der Waals surface area contributed by atoms with Crippen LogP contribution in [0.2, 0.25) is 0 Å². The highest BCUT2D eigenvalue weighted by molar-refractivity contribution is 5.24. The maximum Gasteiger partial charge on any atom is 0.0234 e. The van der Waals surface area contributed by atoms with Gasteiger partial charge in [0.1, 0.15) is 0 Å². The molecule has 1 fully saturated rings. The molecule has 0 aromatic heterocycles. The minimum absolute atomic E-state index is 0.514. The van der Waals surface area contributed by atoms with Crippen LogP contribution in [0.4, 0.5) is 0 Å². The lowest BCUT2D eigenvalue weighted by molar-refractivity contribution is 0.166. The molecule has 0 radical (unpaired) electrons. The largest absolute Gasteiger partial charge is 0.309 e. The molecule has 0 spiro atoms. The summed E-state index contributed by atoms with van der Waals surface area (Å²) in [7, 11) is 0. The van der Waals surface area contributed by atoms with Gasteiger partial charge in [-0.25, -0.2) is 0 Å². The van der Waals surface area contributed by atoms with Gasteiger partial charge in [-0.05, 0) is 23.1 Å². The van der Waals surface area contributed by atoms with Crippen molar-refractivity contribution in [2.75, 3.05) is 13.1 Å². The Morgan fingerprint density at radius 1 is 0.741 bits per heavy atom. The van der Waals surface area contributed by atoms with E-state index in [9.17, 15) is 0 Å². The van der Waals surface area contributed by atoms with Crippen LogP contribution in [0.1, 0.15) is 29.0 Å². The van der Waals surface area contributed by atoms with Crippen molar-refractivity contribution >= 4 is 0 Å². The minimum atomic E-state index is 0.514. The molecular weight excluding hydrogens is 328 g/mol. The maximum absolute atomic E-state index is 3.84. The van der Waals surface area contributed by atoms with Gasteiger partial charge in [-0.15, -0.1) is 0 Å². The van der Waals surface area contributed by atoms with Gasteiger partial charge in [0.25, 0.3) is 0 Å². The molecule has 1 N–H and O–H groups in total. The van der Waals surface area contributed by atoms with Crippen LogP contribution in [-0.2, 0) is 13.1 Å². The molecule has 0 bridgehead atoms. The fraction of sp³-hybridized carbons (Fsp3) is 0.280. The summed E-state index contributed by atoms with van der Waals surface area (Å²) in [6.45, 7) is 4.22. The van der Waals surface area contributed by atoms with Crippen molar-refractivity contribution < 1.29 is 0 Å². The van der Waals surface area contributed by atoms with Crippen LogP contribution in [0.15, 0.2) is 91.0 Å². The quantitative estimate of drug-likeness (QED) is 0.680. The van der Waals surface area contributed by atoms with Gasteiger partial charge in [0.05, 0.1) is 0 Å². The Morgan fingerprint density at radius 2 is 1.33 bits per heavy atom. The fourth-order valence-corrected chi connectivity index (χ4v) is 4.13. The third kappa shape index (κ3) is 4.85. The molecule has 0 amide bonds. The zero-order chi connectivity index (χ0) is 18.3. The molecule has 2 atom stereocenters. The third-order valence-electron chi connectivity index (χ3n) is 5.58. The number of hydrogen-bond acceptors (Lipinski definition) is 2. The molecule has 0 unspecified atom stereocenters. The summed E-state index contributed by atoms with van der Waals surface area (Å²) in [6, 6.07) is 33.1. The van der Waals surface area contributed by atoms with E-state index in [-0.39, 0.29) is 0 Å². The van der Waals surface area contributed by atoms with Gasteiger partial charge >= 0.3 is 0 Å². The Bertz CT molecular complexity index is 802. The lowest BCUT2D eigenvalue weighted by Crippen LogP contribution is -2.47. The molecule has 3 aromatic rings.